The molecular weight excluding hydrogens is 402 g/mol. The number of carbonyl (C=O) groups excluding carboxylic acids is 1. The van der Waals surface area contributed by atoms with Crippen LogP contribution < -0.4 is 10.2 Å². The summed E-state index contributed by atoms with van der Waals surface area (Å²) in [7, 11) is 5.68. The van der Waals surface area contributed by atoms with Gasteiger partial charge in [0.2, 0.25) is 5.91 Å². The van der Waals surface area contributed by atoms with Gasteiger partial charge in [-0.05, 0) is 44.2 Å². The van der Waals surface area contributed by atoms with Crippen LogP contribution in [0.3, 0.4) is 0 Å². The molecule has 170 valence electrons. The van der Waals surface area contributed by atoms with Crippen LogP contribution in [0.4, 0.5) is 5.82 Å². The molecule has 3 aromatic rings. The van der Waals surface area contributed by atoms with Gasteiger partial charge in [-0.2, -0.15) is 0 Å². The molecule has 0 bridgehead atoms. The van der Waals surface area contributed by atoms with Gasteiger partial charge in [0.05, 0.1) is 17.8 Å². The van der Waals surface area contributed by atoms with E-state index in [1.807, 2.05) is 50.3 Å². The number of ether oxygens (including phenoxy) is 1. The van der Waals surface area contributed by atoms with Crippen LogP contribution in [0, 0.1) is 12.8 Å². The van der Waals surface area contributed by atoms with Crippen molar-refractivity contribution in [2.24, 2.45) is 5.92 Å². The fraction of sp³-hybridized carbons (Fsp3) is 0.480. The molecule has 0 aliphatic heterocycles. The van der Waals surface area contributed by atoms with Crippen molar-refractivity contribution in [1.82, 2.24) is 20.3 Å². The second-order valence-electron chi connectivity index (χ2n) is 8.93. The second-order valence-corrected chi connectivity index (χ2v) is 8.93. The summed E-state index contributed by atoms with van der Waals surface area (Å²) in [6, 6.07) is 9.99. The van der Waals surface area contributed by atoms with Gasteiger partial charge < -0.3 is 19.9 Å². The van der Waals surface area contributed by atoms with Crippen LogP contribution in [0.2, 0.25) is 0 Å². The van der Waals surface area contributed by atoms with E-state index in [2.05, 4.69) is 27.4 Å². The van der Waals surface area contributed by atoms with Gasteiger partial charge in [0.25, 0.3) is 0 Å². The number of nitrogens with one attached hydrogen (secondary N) is 2. The van der Waals surface area contributed by atoms with Gasteiger partial charge in [0, 0.05) is 56.7 Å². The fourth-order valence-corrected chi connectivity index (χ4v) is 4.58. The molecule has 4 rings (SSSR count). The van der Waals surface area contributed by atoms with E-state index in [-0.39, 0.29) is 24.0 Å². The van der Waals surface area contributed by atoms with E-state index in [9.17, 15) is 4.79 Å². The lowest BCUT2D eigenvalue weighted by Gasteiger charge is -2.28. The zero-order chi connectivity index (χ0) is 22.7. The van der Waals surface area contributed by atoms with Crippen molar-refractivity contribution in [3.63, 3.8) is 0 Å². The number of amides is 1. The van der Waals surface area contributed by atoms with Crippen LogP contribution in [-0.4, -0.2) is 48.2 Å². The maximum atomic E-state index is 13.3. The Kier molecular flexibility index (Phi) is 6.74. The Morgan fingerprint density at radius 3 is 2.69 bits per heavy atom. The average Bonchev–Trinajstić information content (AvgIpc) is 3.21. The number of aromatic amines is 1. The number of aromatic nitrogens is 3. The molecule has 1 fully saturated rings. The highest BCUT2D eigenvalue weighted by Gasteiger charge is 2.29. The Bertz CT molecular complexity index is 1070. The third-order valence-corrected chi connectivity index (χ3v) is 6.45. The molecule has 0 saturated heterocycles. The molecule has 1 saturated carbocycles. The van der Waals surface area contributed by atoms with Crippen LogP contribution in [-0.2, 0) is 16.0 Å². The van der Waals surface area contributed by atoms with Gasteiger partial charge in [-0.15, -0.1) is 0 Å². The number of hydrogen-bond donors (Lipinski definition) is 2. The van der Waals surface area contributed by atoms with E-state index in [0.717, 1.165) is 48.3 Å². The Labute approximate surface area is 189 Å². The third kappa shape index (κ3) is 4.93. The smallest absolute Gasteiger partial charge is 0.223 e. The zero-order valence-corrected chi connectivity index (χ0v) is 19.4. The van der Waals surface area contributed by atoms with Crippen LogP contribution in [0.5, 0.6) is 0 Å². The number of rotatable bonds is 7. The van der Waals surface area contributed by atoms with Gasteiger partial charge in [-0.3, -0.25) is 4.79 Å². The third-order valence-electron chi connectivity index (χ3n) is 6.45. The molecule has 1 atom stereocenters. The molecule has 1 aromatic carbocycles. The standard InChI is InChI=1S/C25H33N5O2/c1-16-27-23(14-24(28-16)30(2)3)22(13-18-15-26-21-8-6-5-7-20(18)21)29-25(31)17-9-11-19(32-4)12-10-17/h5-8,14-15,17,19,22,26H,9-13H2,1-4H3,(H,29,31)/t17?,19?,22-/m0/s1. The second kappa shape index (κ2) is 9.69. The molecule has 2 heterocycles. The molecule has 0 radical (unpaired) electrons. The molecule has 1 aliphatic carbocycles. The van der Waals surface area contributed by atoms with Crippen molar-refractivity contribution in [2.75, 3.05) is 26.1 Å². The summed E-state index contributed by atoms with van der Waals surface area (Å²) in [5.74, 6) is 1.66. The number of methoxy groups -OCH3 is 1. The van der Waals surface area contributed by atoms with Crippen molar-refractivity contribution in [1.29, 1.82) is 0 Å². The Hall–Kier alpha value is -2.93. The molecule has 1 amide bonds. The number of hydrogen-bond acceptors (Lipinski definition) is 5. The van der Waals surface area contributed by atoms with E-state index >= 15 is 0 Å². The predicted molar refractivity (Wildman–Crippen MR) is 127 cm³/mol. The number of carbonyl (C=O) groups is 1. The summed E-state index contributed by atoms with van der Waals surface area (Å²) in [6.45, 7) is 1.90. The predicted octanol–water partition coefficient (Wildman–Crippen LogP) is 3.94. The monoisotopic (exact) mass is 435 g/mol. The van der Waals surface area contributed by atoms with Gasteiger partial charge in [0.1, 0.15) is 11.6 Å². The van der Waals surface area contributed by atoms with Crippen LogP contribution in [0.15, 0.2) is 36.5 Å². The van der Waals surface area contributed by atoms with Gasteiger partial charge in [-0.1, -0.05) is 18.2 Å². The maximum Gasteiger partial charge on any atom is 0.223 e. The van der Waals surface area contributed by atoms with Crippen molar-refractivity contribution < 1.29 is 9.53 Å². The molecule has 2 N–H and O–H groups in total. The van der Waals surface area contributed by atoms with Crippen LogP contribution in [0.25, 0.3) is 10.9 Å². The minimum absolute atomic E-state index is 0.0168. The first kappa shape index (κ1) is 22.3. The molecule has 1 aliphatic rings. The molecule has 0 unspecified atom stereocenters. The Morgan fingerprint density at radius 1 is 1.22 bits per heavy atom. The fourth-order valence-electron chi connectivity index (χ4n) is 4.58. The SMILES string of the molecule is COC1CCC(C(=O)N[C@@H](Cc2c[nH]c3ccccc23)c2cc(N(C)C)nc(C)n2)CC1. The highest BCUT2D eigenvalue weighted by Crippen LogP contribution is 2.29. The molecule has 32 heavy (non-hydrogen) atoms. The molecule has 7 nitrogen and oxygen atoms in total. The van der Waals surface area contributed by atoms with Crippen LogP contribution in [0.1, 0.15) is 48.8 Å². The highest BCUT2D eigenvalue weighted by molar-refractivity contribution is 5.83. The average molecular weight is 436 g/mol. The number of fused-ring (bicyclic) bond motifs is 1. The molecular formula is C25H33N5O2. The first-order valence-corrected chi connectivity index (χ1v) is 11.4. The minimum atomic E-state index is -0.234. The summed E-state index contributed by atoms with van der Waals surface area (Å²) in [4.78, 5) is 27.8. The Balaban J connectivity index is 1.61. The Morgan fingerprint density at radius 2 is 1.97 bits per heavy atom. The first-order valence-electron chi connectivity index (χ1n) is 11.4. The molecule has 7 heteroatoms. The van der Waals surface area contributed by atoms with E-state index in [1.54, 1.807) is 7.11 Å². The van der Waals surface area contributed by atoms with E-state index in [1.165, 1.54) is 5.39 Å². The summed E-state index contributed by atoms with van der Waals surface area (Å²) in [5.41, 5.74) is 3.10. The van der Waals surface area contributed by atoms with Gasteiger partial charge in [0.15, 0.2) is 0 Å². The molecule has 0 spiro atoms. The number of H-pyrrole nitrogens is 1. The zero-order valence-electron chi connectivity index (χ0n) is 19.4. The minimum Gasteiger partial charge on any atom is -0.381 e. The van der Waals surface area contributed by atoms with Crippen molar-refractivity contribution in [3.8, 4) is 0 Å². The summed E-state index contributed by atoms with van der Waals surface area (Å²) < 4.78 is 5.47. The molecule has 2 aromatic heterocycles. The van der Waals surface area contributed by atoms with E-state index in [0.29, 0.717) is 12.2 Å². The van der Waals surface area contributed by atoms with Crippen molar-refractivity contribution >= 4 is 22.6 Å². The number of nitrogens with zero attached hydrogens (tertiary/aromatic N) is 3. The number of anilines is 1. The number of para-hydroxylation sites is 1. The lowest BCUT2D eigenvalue weighted by Crippen LogP contribution is -2.38. The van der Waals surface area contributed by atoms with Gasteiger partial charge in [-0.25, -0.2) is 9.97 Å². The summed E-state index contributed by atoms with van der Waals surface area (Å²) >= 11 is 0. The van der Waals surface area contributed by atoms with E-state index < -0.39 is 0 Å². The lowest BCUT2D eigenvalue weighted by molar-refractivity contribution is -0.127. The lowest BCUT2D eigenvalue weighted by atomic mass is 9.86. The van der Waals surface area contributed by atoms with E-state index in [4.69, 9.17) is 9.72 Å². The maximum absolute atomic E-state index is 13.3. The van der Waals surface area contributed by atoms with Gasteiger partial charge >= 0.3 is 0 Å². The van der Waals surface area contributed by atoms with Crippen LogP contribution >= 0.6 is 0 Å². The van der Waals surface area contributed by atoms with Crippen molar-refractivity contribution in [2.45, 2.75) is 51.2 Å². The highest BCUT2D eigenvalue weighted by atomic mass is 16.5. The largest absolute Gasteiger partial charge is 0.381 e. The normalized spacial score (nSPS) is 19.6. The topological polar surface area (TPSA) is 83.1 Å². The number of aryl methyl sites for hydroxylation is 1. The quantitative estimate of drug-likeness (QED) is 0.587. The summed E-state index contributed by atoms with van der Waals surface area (Å²) in [6.07, 6.45) is 6.54. The number of benzene rings is 1. The summed E-state index contributed by atoms with van der Waals surface area (Å²) in [5, 5.41) is 4.50. The van der Waals surface area contributed by atoms with Crippen molar-refractivity contribution in [3.05, 3.63) is 53.6 Å². The first-order chi connectivity index (χ1) is 15.4.